The molecular formula is C28H35N3O4S. The molecule has 1 heterocycles. The first-order chi connectivity index (χ1) is 17.2. The Hall–Kier alpha value is -3.26. The number of benzene rings is 2. The predicted molar refractivity (Wildman–Crippen MR) is 145 cm³/mol. The average Bonchev–Trinajstić information content (AvgIpc) is 3.18. The maximum Gasteiger partial charge on any atom is 0.319 e. The molecule has 1 aromatic heterocycles. The van der Waals surface area contributed by atoms with Crippen LogP contribution in [0.15, 0.2) is 53.4 Å². The molecule has 2 N–H and O–H groups in total. The van der Waals surface area contributed by atoms with Gasteiger partial charge < -0.3 is 19.7 Å². The summed E-state index contributed by atoms with van der Waals surface area (Å²) in [5, 5.41) is 12.4. The van der Waals surface area contributed by atoms with Gasteiger partial charge in [0, 0.05) is 34.5 Å². The molecule has 8 heteroatoms. The van der Waals surface area contributed by atoms with Crippen LogP contribution in [0.25, 0.3) is 11.4 Å². The third-order valence-electron chi connectivity index (χ3n) is 6.00. The van der Waals surface area contributed by atoms with Crippen molar-refractivity contribution in [2.24, 2.45) is 0 Å². The minimum Gasteiger partial charge on any atom is -0.497 e. The zero-order chi connectivity index (χ0) is 26.3. The Morgan fingerprint density at radius 2 is 1.83 bits per heavy atom. The third kappa shape index (κ3) is 6.69. The molecule has 0 aliphatic rings. The Bertz CT molecular complexity index is 1200. The molecule has 0 saturated carbocycles. The van der Waals surface area contributed by atoms with E-state index in [1.54, 1.807) is 27.0 Å². The van der Waals surface area contributed by atoms with Crippen LogP contribution in [0, 0.1) is 6.92 Å². The van der Waals surface area contributed by atoms with Gasteiger partial charge >= 0.3 is 5.97 Å². The summed E-state index contributed by atoms with van der Waals surface area (Å²) in [5.41, 5.74) is 2.72. The van der Waals surface area contributed by atoms with E-state index in [-0.39, 0.29) is 5.91 Å². The summed E-state index contributed by atoms with van der Waals surface area (Å²) in [5.74, 6) is 0.260. The van der Waals surface area contributed by atoms with Gasteiger partial charge in [-0.25, -0.2) is 4.98 Å². The van der Waals surface area contributed by atoms with Crippen molar-refractivity contribution in [2.45, 2.75) is 69.6 Å². The number of carbonyl (C=O) groups is 2. The number of amides is 1. The molecule has 0 aliphatic carbocycles. The van der Waals surface area contributed by atoms with E-state index in [1.807, 2.05) is 49.4 Å². The van der Waals surface area contributed by atoms with Crippen LogP contribution in [-0.4, -0.2) is 38.4 Å². The molecule has 3 aromatic rings. The molecule has 192 valence electrons. The molecule has 0 fully saturated rings. The van der Waals surface area contributed by atoms with E-state index < -0.39 is 10.7 Å². The number of aliphatic carboxylic acids is 1. The average molecular weight is 510 g/mol. The number of nitrogens with one attached hydrogen (secondary N) is 1. The van der Waals surface area contributed by atoms with Gasteiger partial charge in [0.15, 0.2) is 0 Å². The third-order valence-corrected chi connectivity index (χ3v) is 7.19. The van der Waals surface area contributed by atoms with Crippen LogP contribution in [-0.2, 0) is 11.3 Å². The quantitative estimate of drug-likeness (QED) is 0.210. The van der Waals surface area contributed by atoms with Crippen molar-refractivity contribution >= 4 is 29.3 Å². The van der Waals surface area contributed by atoms with Crippen LogP contribution in [0.3, 0.4) is 0 Å². The molecule has 36 heavy (non-hydrogen) atoms. The molecule has 1 amide bonds. The Labute approximate surface area is 217 Å². The molecule has 0 unspecified atom stereocenters. The highest BCUT2D eigenvalue weighted by molar-refractivity contribution is 8.01. The fraction of sp³-hybridized carbons (Fsp3) is 0.393. The Morgan fingerprint density at radius 1 is 1.11 bits per heavy atom. The maximum atomic E-state index is 13.2. The molecule has 7 nitrogen and oxygen atoms in total. The van der Waals surface area contributed by atoms with Crippen LogP contribution in [0.1, 0.15) is 62.6 Å². The summed E-state index contributed by atoms with van der Waals surface area (Å²) in [6.45, 7) is 8.25. The summed E-state index contributed by atoms with van der Waals surface area (Å²) < 4.78 is 6.44. The number of unbranched alkanes of at least 4 members (excludes halogenated alkanes) is 3. The first-order valence-electron chi connectivity index (χ1n) is 12.2. The number of carbonyl (C=O) groups excluding carboxylic acids is 1. The second-order valence-corrected chi connectivity index (χ2v) is 10.9. The molecule has 0 saturated heterocycles. The predicted octanol–water partition coefficient (Wildman–Crippen LogP) is 6.66. The van der Waals surface area contributed by atoms with E-state index in [9.17, 15) is 14.7 Å². The Morgan fingerprint density at radius 3 is 2.47 bits per heavy atom. The second kappa shape index (κ2) is 12.1. The lowest BCUT2D eigenvalue weighted by Gasteiger charge is -2.18. The van der Waals surface area contributed by atoms with E-state index in [4.69, 9.17) is 9.72 Å². The number of hydrogen-bond acceptors (Lipinski definition) is 5. The number of methoxy groups -OCH3 is 1. The zero-order valence-corrected chi connectivity index (χ0v) is 22.4. The van der Waals surface area contributed by atoms with Gasteiger partial charge in [-0.1, -0.05) is 44.4 Å². The number of imidazole rings is 1. The lowest BCUT2D eigenvalue weighted by atomic mass is 10.2. The molecule has 2 aromatic carbocycles. The monoisotopic (exact) mass is 509 g/mol. The van der Waals surface area contributed by atoms with Gasteiger partial charge in [0.05, 0.1) is 7.11 Å². The highest BCUT2D eigenvalue weighted by Gasteiger charge is 2.28. The fourth-order valence-electron chi connectivity index (χ4n) is 3.84. The number of aromatic nitrogens is 2. The number of anilines is 1. The lowest BCUT2D eigenvalue weighted by Crippen LogP contribution is -2.26. The van der Waals surface area contributed by atoms with Crippen molar-refractivity contribution in [1.29, 1.82) is 0 Å². The summed E-state index contributed by atoms with van der Waals surface area (Å²) in [7, 11) is 1.59. The van der Waals surface area contributed by atoms with Gasteiger partial charge in [0.25, 0.3) is 5.91 Å². The first-order valence-corrected chi connectivity index (χ1v) is 13.0. The van der Waals surface area contributed by atoms with E-state index >= 15 is 0 Å². The normalized spacial score (nSPS) is 11.4. The van der Waals surface area contributed by atoms with E-state index in [0.29, 0.717) is 17.1 Å². The van der Waals surface area contributed by atoms with Gasteiger partial charge in [0.2, 0.25) is 0 Å². The number of nitrogens with zero attached hydrogens (tertiary/aromatic N) is 2. The standard InChI is InChI=1S/C28H35N3O4S/c1-6-7-8-9-17-31-19(2)24(26(32)29-21-11-10-12-22(18-21)35-5)30-25(31)20-13-15-23(16-14-20)36-28(3,4)27(33)34/h10-16,18H,6-9,17H2,1-5H3,(H,29,32)(H,33,34). The molecular weight excluding hydrogens is 474 g/mol. The molecule has 0 radical (unpaired) electrons. The minimum atomic E-state index is -0.929. The number of carboxylic acid groups (broad SMARTS) is 1. The Kier molecular flexibility index (Phi) is 9.20. The van der Waals surface area contributed by atoms with Crippen molar-refractivity contribution in [1.82, 2.24) is 9.55 Å². The van der Waals surface area contributed by atoms with Crippen molar-refractivity contribution in [3.8, 4) is 17.1 Å². The summed E-state index contributed by atoms with van der Waals surface area (Å²) in [6.07, 6.45) is 4.42. The first kappa shape index (κ1) is 27.3. The zero-order valence-electron chi connectivity index (χ0n) is 21.6. The second-order valence-electron chi connectivity index (χ2n) is 9.21. The molecule has 0 spiro atoms. The highest BCUT2D eigenvalue weighted by atomic mass is 32.2. The highest BCUT2D eigenvalue weighted by Crippen LogP contribution is 2.34. The van der Waals surface area contributed by atoms with Gasteiger partial charge in [-0.2, -0.15) is 0 Å². The largest absolute Gasteiger partial charge is 0.497 e. The van der Waals surface area contributed by atoms with Crippen LogP contribution in [0.4, 0.5) is 5.69 Å². The van der Waals surface area contributed by atoms with Crippen LogP contribution >= 0.6 is 11.8 Å². The summed E-state index contributed by atoms with van der Waals surface area (Å²) >= 11 is 1.30. The fourth-order valence-corrected chi connectivity index (χ4v) is 4.79. The Balaban J connectivity index is 1.91. The topological polar surface area (TPSA) is 93.5 Å². The minimum absolute atomic E-state index is 0.273. The van der Waals surface area contributed by atoms with Gasteiger partial charge in [0.1, 0.15) is 22.0 Å². The van der Waals surface area contributed by atoms with Gasteiger partial charge in [-0.05, 0) is 51.5 Å². The van der Waals surface area contributed by atoms with Crippen molar-refractivity contribution in [3.63, 3.8) is 0 Å². The van der Waals surface area contributed by atoms with Crippen molar-refractivity contribution in [3.05, 3.63) is 59.9 Å². The molecule has 0 atom stereocenters. The number of thioether (sulfide) groups is 1. The van der Waals surface area contributed by atoms with Crippen molar-refractivity contribution in [2.75, 3.05) is 12.4 Å². The molecule has 0 bridgehead atoms. The maximum absolute atomic E-state index is 13.2. The number of carboxylic acids is 1. The number of ether oxygens (including phenoxy) is 1. The lowest BCUT2D eigenvalue weighted by molar-refractivity contribution is -0.138. The van der Waals surface area contributed by atoms with Crippen molar-refractivity contribution < 1.29 is 19.4 Å². The van der Waals surface area contributed by atoms with E-state index in [1.165, 1.54) is 11.8 Å². The summed E-state index contributed by atoms with van der Waals surface area (Å²) in [4.78, 5) is 30.3. The van der Waals surface area contributed by atoms with E-state index in [2.05, 4.69) is 16.8 Å². The summed E-state index contributed by atoms with van der Waals surface area (Å²) in [6, 6.07) is 14.9. The van der Waals surface area contributed by atoms with Gasteiger partial charge in [-0.15, -0.1) is 11.8 Å². The van der Waals surface area contributed by atoms with Crippen LogP contribution < -0.4 is 10.1 Å². The van der Waals surface area contributed by atoms with Crippen LogP contribution in [0.5, 0.6) is 5.75 Å². The number of rotatable bonds is 12. The molecule has 3 rings (SSSR count). The van der Waals surface area contributed by atoms with Crippen LogP contribution in [0.2, 0.25) is 0 Å². The molecule has 0 aliphatic heterocycles. The van der Waals surface area contributed by atoms with E-state index in [0.717, 1.165) is 54.2 Å². The van der Waals surface area contributed by atoms with Gasteiger partial charge in [-0.3, -0.25) is 9.59 Å². The SMILES string of the molecule is CCCCCCn1c(-c2ccc(SC(C)(C)C(=O)O)cc2)nc(C(=O)Nc2cccc(OC)c2)c1C. The number of hydrogen-bond donors (Lipinski definition) is 2. The smallest absolute Gasteiger partial charge is 0.319 e.